The SMILES string of the molecule is CCC1(CC)CN(c2c(C)c(C)nc3ncnn23)CCS1=O. The fourth-order valence-corrected chi connectivity index (χ4v) is 5.03. The Morgan fingerprint density at radius 1 is 1.32 bits per heavy atom. The maximum atomic E-state index is 12.6. The van der Waals surface area contributed by atoms with Crippen LogP contribution < -0.4 is 4.90 Å². The topological polar surface area (TPSA) is 63.4 Å². The van der Waals surface area contributed by atoms with Crippen LogP contribution in [0.5, 0.6) is 0 Å². The Morgan fingerprint density at radius 2 is 2.05 bits per heavy atom. The predicted octanol–water partition coefficient (Wildman–Crippen LogP) is 1.87. The second-order valence-corrected chi connectivity index (χ2v) is 7.94. The van der Waals surface area contributed by atoms with Gasteiger partial charge in [-0.15, -0.1) is 0 Å². The lowest BCUT2D eigenvalue weighted by Gasteiger charge is -2.42. The van der Waals surface area contributed by atoms with Crippen molar-refractivity contribution in [2.45, 2.75) is 45.3 Å². The lowest BCUT2D eigenvalue weighted by atomic mass is 10.0. The van der Waals surface area contributed by atoms with Crippen molar-refractivity contribution in [2.75, 3.05) is 23.7 Å². The average molecular weight is 321 g/mol. The van der Waals surface area contributed by atoms with E-state index in [0.29, 0.717) is 11.5 Å². The minimum absolute atomic E-state index is 0.130. The van der Waals surface area contributed by atoms with E-state index < -0.39 is 10.8 Å². The van der Waals surface area contributed by atoms with Gasteiger partial charge in [0.05, 0.1) is 4.75 Å². The van der Waals surface area contributed by atoms with Crippen molar-refractivity contribution in [1.29, 1.82) is 0 Å². The second kappa shape index (κ2) is 5.61. The van der Waals surface area contributed by atoms with E-state index in [4.69, 9.17) is 0 Å². The second-order valence-electron chi connectivity index (χ2n) is 5.98. The van der Waals surface area contributed by atoms with Crippen LogP contribution in [0.1, 0.15) is 37.9 Å². The zero-order valence-electron chi connectivity index (χ0n) is 13.7. The van der Waals surface area contributed by atoms with E-state index in [9.17, 15) is 4.21 Å². The Labute approximate surface area is 133 Å². The molecule has 22 heavy (non-hydrogen) atoms. The molecule has 0 spiro atoms. The number of hydrogen-bond acceptors (Lipinski definition) is 5. The number of anilines is 1. The molecule has 0 amide bonds. The fraction of sp³-hybridized carbons (Fsp3) is 0.667. The Kier molecular flexibility index (Phi) is 3.92. The molecule has 3 rings (SSSR count). The van der Waals surface area contributed by atoms with E-state index in [0.717, 1.165) is 43.0 Å². The van der Waals surface area contributed by atoms with Gasteiger partial charge in [0.1, 0.15) is 12.1 Å². The number of nitrogens with zero attached hydrogens (tertiary/aromatic N) is 5. The van der Waals surface area contributed by atoms with Gasteiger partial charge in [-0.25, -0.2) is 4.98 Å². The van der Waals surface area contributed by atoms with E-state index in [1.165, 1.54) is 0 Å². The molecule has 1 atom stereocenters. The fourth-order valence-electron chi connectivity index (χ4n) is 3.27. The zero-order chi connectivity index (χ0) is 15.9. The maximum absolute atomic E-state index is 12.6. The average Bonchev–Trinajstić information content (AvgIpc) is 2.97. The standard InChI is InChI=1S/C15H23N5OS/c1-5-15(6-2)9-19(7-8-22(15)21)13-11(3)12(4)18-14-16-10-17-20(13)14/h10H,5-9H2,1-4H3. The molecule has 0 saturated carbocycles. The van der Waals surface area contributed by atoms with Crippen LogP contribution in [0, 0.1) is 13.8 Å². The van der Waals surface area contributed by atoms with Crippen LogP contribution in [0.25, 0.3) is 5.78 Å². The van der Waals surface area contributed by atoms with Gasteiger partial charge >= 0.3 is 0 Å². The van der Waals surface area contributed by atoms with Gasteiger partial charge in [-0.3, -0.25) is 4.21 Å². The molecule has 2 aromatic heterocycles. The highest BCUT2D eigenvalue weighted by molar-refractivity contribution is 7.86. The summed E-state index contributed by atoms with van der Waals surface area (Å²) in [5.74, 6) is 2.38. The minimum Gasteiger partial charge on any atom is -0.354 e. The van der Waals surface area contributed by atoms with Crippen molar-refractivity contribution >= 4 is 22.4 Å². The third kappa shape index (κ3) is 2.22. The molecule has 1 fully saturated rings. The molecule has 3 heterocycles. The number of aromatic nitrogens is 4. The van der Waals surface area contributed by atoms with E-state index in [-0.39, 0.29) is 4.75 Å². The highest BCUT2D eigenvalue weighted by Crippen LogP contribution is 2.32. The van der Waals surface area contributed by atoms with Crippen LogP contribution in [0.15, 0.2) is 6.33 Å². The molecular weight excluding hydrogens is 298 g/mol. The first-order valence-electron chi connectivity index (χ1n) is 7.82. The molecule has 6 nitrogen and oxygen atoms in total. The molecule has 0 aliphatic carbocycles. The first-order valence-corrected chi connectivity index (χ1v) is 9.14. The van der Waals surface area contributed by atoms with E-state index in [1.54, 1.807) is 6.33 Å². The summed E-state index contributed by atoms with van der Waals surface area (Å²) >= 11 is 0. The monoisotopic (exact) mass is 321 g/mol. The Hall–Kier alpha value is -1.50. The quantitative estimate of drug-likeness (QED) is 0.863. The van der Waals surface area contributed by atoms with E-state index in [2.05, 4.69) is 40.7 Å². The van der Waals surface area contributed by atoms with Crippen molar-refractivity contribution in [3.8, 4) is 0 Å². The number of fused-ring (bicyclic) bond motifs is 1. The molecule has 120 valence electrons. The largest absolute Gasteiger partial charge is 0.354 e. The van der Waals surface area contributed by atoms with Crippen molar-refractivity contribution in [3.05, 3.63) is 17.6 Å². The Bertz CT molecular complexity index is 722. The van der Waals surface area contributed by atoms with Gasteiger partial charge in [-0.1, -0.05) is 13.8 Å². The van der Waals surface area contributed by atoms with Gasteiger partial charge < -0.3 is 4.90 Å². The molecule has 1 saturated heterocycles. The van der Waals surface area contributed by atoms with Crippen LogP contribution in [-0.4, -0.2) is 47.4 Å². The number of aryl methyl sites for hydroxylation is 1. The molecule has 0 radical (unpaired) electrons. The maximum Gasteiger partial charge on any atom is 0.254 e. The van der Waals surface area contributed by atoms with Gasteiger partial charge in [0.25, 0.3) is 5.78 Å². The highest BCUT2D eigenvalue weighted by Gasteiger charge is 2.40. The van der Waals surface area contributed by atoms with Crippen molar-refractivity contribution in [3.63, 3.8) is 0 Å². The lowest BCUT2D eigenvalue weighted by Crippen LogP contribution is -2.53. The van der Waals surface area contributed by atoms with Gasteiger partial charge in [-0.2, -0.15) is 14.6 Å². The summed E-state index contributed by atoms with van der Waals surface area (Å²) < 4.78 is 14.2. The third-order valence-corrected chi connectivity index (χ3v) is 7.20. The molecule has 2 aromatic rings. The van der Waals surface area contributed by atoms with E-state index >= 15 is 0 Å². The number of hydrogen-bond donors (Lipinski definition) is 0. The summed E-state index contributed by atoms with van der Waals surface area (Å²) in [7, 11) is -0.770. The smallest absolute Gasteiger partial charge is 0.254 e. The van der Waals surface area contributed by atoms with E-state index in [1.807, 2.05) is 11.4 Å². The third-order valence-electron chi connectivity index (χ3n) is 4.97. The van der Waals surface area contributed by atoms with Crippen LogP contribution in [0.3, 0.4) is 0 Å². The summed E-state index contributed by atoms with van der Waals surface area (Å²) in [5.41, 5.74) is 2.09. The summed E-state index contributed by atoms with van der Waals surface area (Å²) in [5, 5.41) is 4.34. The molecule has 0 N–H and O–H groups in total. The van der Waals surface area contributed by atoms with Crippen molar-refractivity contribution in [1.82, 2.24) is 19.6 Å². The summed E-state index contributed by atoms with van der Waals surface area (Å²) in [6.07, 6.45) is 3.39. The Morgan fingerprint density at radius 3 is 2.73 bits per heavy atom. The molecule has 0 aromatic carbocycles. The summed E-state index contributed by atoms with van der Waals surface area (Å²) in [6.45, 7) is 9.94. The first-order chi connectivity index (χ1) is 10.5. The molecule has 1 aliphatic heterocycles. The molecule has 1 unspecified atom stereocenters. The van der Waals surface area contributed by atoms with Crippen LogP contribution in [0.2, 0.25) is 0 Å². The van der Waals surface area contributed by atoms with Gasteiger partial charge in [0.2, 0.25) is 0 Å². The first kappa shape index (κ1) is 15.4. The zero-order valence-corrected chi connectivity index (χ0v) is 14.5. The van der Waals surface area contributed by atoms with Gasteiger partial charge in [0, 0.05) is 40.9 Å². The highest BCUT2D eigenvalue weighted by atomic mass is 32.2. The molecule has 1 aliphatic rings. The van der Waals surface area contributed by atoms with Gasteiger partial charge in [0.15, 0.2) is 0 Å². The summed E-state index contributed by atoms with van der Waals surface area (Å²) in [4.78, 5) is 11.0. The Balaban J connectivity index is 2.10. The minimum atomic E-state index is -0.770. The van der Waals surface area contributed by atoms with Crippen LogP contribution >= 0.6 is 0 Å². The van der Waals surface area contributed by atoms with Gasteiger partial charge in [-0.05, 0) is 26.7 Å². The normalized spacial score (nSPS) is 21.5. The van der Waals surface area contributed by atoms with Crippen molar-refractivity contribution < 1.29 is 4.21 Å². The lowest BCUT2D eigenvalue weighted by molar-refractivity contribution is 0.492. The predicted molar refractivity (Wildman–Crippen MR) is 88.8 cm³/mol. The van der Waals surface area contributed by atoms with Crippen molar-refractivity contribution in [2.24, 2.45) is 0 Å². The molecule has 0 bridgehead atoms. The van der Waals surface area contributed by atoms with Crippen LogP contribution in [-0.2, 0) is 10.8 Å². The molecule has 7 heteroatoms. The molecular formula is C15H23N5OS. The summed E-state index contributed by atoms with van der Waals surface area (Å²) in [6, 6.07) is 0. The number of rotatable bonds is 3. The van der Waals surface area contributed by atoms with Crippen LogP contribution in [0.4, 0.5) is 5.82 Å².